The smallest absolute Gasteiger partial charge is 0.303 e. The van der Waals surface area contributed by atoms with E-state index in [1.165, 1.54) is 19.9 Å². The van der Waals surface area contributed by atoms with Crippen LogP contribution in [0, 0.1) is 16.7 Å². The molecule has 3 aliphatic rings. The number of aliphatic hydroxyl groups excluding tert-OH is 2. The summed E-state index contributed by atoms with van der Waals surface area (Å²) < 4.78 is 11.8. The van der Waals surface area contributed by atoms with Gasteiger partial charge in [-0.15, -0.1) is 6.58 Å². The monoisotopic (exact) mass is 410 g/mol. The third kappa shape index (κ3) is 2.63. The lowest BCUT2D eigenvalue weighted by molar-refractivity contribution is -0.370. The maximum absolute atomic E-state index is 13.5. The van der Waals surface area contributed by atoms with E-state index in [9.17, 15) is 24.9 Å². The topological polar surface area (TPSA) is 113 Å². The minimum Gasteiger partial charge on any atom is -0.459 e. The van der Waals surface area contributed by atoms with Gasteiger partial charge in [-0.2, -0.15) is 0 Å². The number of Topliss-reactive ketones (excluding diaryl/α,β-unsaturated/α-hetero) is 1. The lowest BCUT2D eigenvalue weighted by atomic mass is 9.40. The molecule has 2 aliphatic carbocycles. The van der Waals surface area contributed by atoms with Crippen LogP contribution in [-0.4, -0.2) is 62.2 Å². The third-order valence-corrected chi connectivity index (χ3v) is 8.04. The van der Waals surface area contributed by atoms with E-state index in [0.29, 0.717) is 12.8 Å². The number of carbonyl (C=O) groups is 2. The Morgan fingerprint density at radius 3 is 2.34 bits per heavy atom. The molecular formula is C22H34O7. The SMILES string of the molecule is C=C[C@@]1(C)CC(=O)[C@]2(O)[C@]3(C)[C@H]([C@H](OC(C)=O)[C@H](O)[C@@]2(C)O1)C(C)(C)CC[C@@H]3O. The second kappa shape index (κ2) is 6.36. The molecule has 1 heterocycles. The first-order valence-corrected chi connectivity index (χ1v) is 10.2. The van der Waals surface area contributed by atoms with Gasteiger partial charge in [0.15, 0.2) is 11.4 Å². The van der Waals surface area contributed by atoms with E-state index in [2.05, 4.69) is 6.58 Å². The lowest BCUT2D eigenvalue weighted by Gasteiger charge is -2.71. The van der Waals surface area contributed by atoms with Crippen molar-refractivity contribution in [1.29, 1.82) is 0 Å². The highest BCUT2D eigenvalue weighted by Crippen LogP contribution is 2.67. The maximum atomic E-state index is 13.5. The highest BCUT2D eigenvalue weighted by atomic mass is 16.6. The van der Waals surface area contributed by atoms with Gasteiger partial charge in [-0.3, -0.25) is 9.59 Å². The van der Waals surface area contributed by atoms with Crippen molar-refractivity contribution in [3.8, 4) is 0 Å². The molecule has 0 unspecified atom stereocenters. The van der Waals surface area contributed by atoms with Crippen LogP contribution in [0.1, 0.15) is 60.8 Å². The molecule has 0 radical (unpaired) electrons. The zero-order valence-corrected chi connectivity index (χ0v) is 18.2. The number of carbonyl (C=O) groups excluding carboxylic acids is 2. The summed E-state index contributed by atoms with van der Waals surface area (Å²) in [6, 6.07) is 0. The van der Waals surface area contributed by atoms with E-state index in [1.807, 2.05) is 13.8 Å². The van der Waals surface area contributed by atoms with Crippen molar-refractivity contribution >= 4 is 11.8 Å². The first-order valence-electron chi connectivity index (χ1n) is 10.2. The van der Waals surface area contributed by atoms with Crippen LogP contribution in [0.3, 0.4) is 0 Å². The van der Waals surface area contributed by atoms with Crippen molar-refractivity contribution < 1.29 is 34.4 Å². The van der Waals surface area contributed by atoms with Crippen LogP contribution in [0.4, 0.5) is 0 Å². The molecule has 7 heteroatoms. The molecule has 7 nitrogen and oxygen atoms in total. The van der Waals surface area contributed by atoms with E-state index in [-0.39, 0.29) is 6.42 Å². The molecule has 164 valence electrons. The van der Waals surface area contributed by atoms with Gasteiger partial charge in [0.2, 0.25) is 0 Å². The molecule has 29 heavy (non-hydrogen) atoms. The van der Waals surface area contributed by atoms with E-state index >= 15 is 0 Å². The zero-order chi connectivity index (χ0) is 22.2. The Hall–Kier alpha value is -1.28. The number of fused-ring (bicyclic) bond motifs is 3. The normalized spacial score (nSPS) is 51.6. The number of ketones is 1. The van der Waals surface area contributed by atoms with Gasteiger partial charge in [-0.05, 0) is 32.1 Å². The van der Waals surface area contributed by atoms with Crippen molar-refractivity contribution in [3.63, 3.8) is 0 Å². The Labute approximate surface area is 172 Å². The molecule has 0 aromatic carbocycles. The number of hydrogen-bond acceptors (Lipinski definition) is 7. The third-order valence-electron chi connectivity index (χ3n) is 8.04. The van der Waals surface area contributed by atoms with Crippen molar-refractivity contribution in [2.24, 2.45) is 16.7 Å². The number of rotatable bonds is 2. The van der Waals surface area contributed by atoms with Crippen molar-refractivity contribution in [2.75, 3.05) is 0 Å². The molecular weight excluding hydrogens is 376 g/mol. The van der Waals surface area contributed by atoms with Gasteiger partial charge in [-0.1, -0.05) is 26.8 Å². The molecule has 1 saturated heterocycles. The van der Waals surface area contributed by atoms with Crippen LogP contribution in [0.5, 0.6) is 0 Å². The Morgan fingerprint density at radius 1 is 1.24 bits per heavy atom. The van der Waals surface area contributed by atoms with Crippen molar-refractivity contribution in [3.05, 3.63) is 12.7 Å². The van der Waals surface area contributed by atoms with Gasteiger partial charge < -0.3 is 24.8 Å². The largest absolute Gasteiger partial charge is 0.459 e. The quantitative estimate of drug-likeness (QED) is 0.467. The van der Waals surface area contributed by atoms with Gasteiger partial charge in [0.25, 0.3) is 0 Å². The molecule has 8 atom stereocenters. The van der Waals surface area contributed by atoms with E-state index in [0.717, 1.165) is 0 Å². The second-order valence-corrected chi connectivity index (χ2v) is 10.4. The molecule has 3 N–H and O–H groups in total. The summed E-state index contributed by atoms with van der Waals surface area (Å²) in [7, 11) is 0. The predicted octanol–water partition coefficient (Wildman–Crippen LogP) is 1.52. The second-order valence-electron chi connectivity index (χ2n) is 10.4. The Morgan fingerprint density at radius 2 is 1.83 bits per heavy atom. The molecule has 1 aliphatic heterocycles. The summed E-state index contributed by atoms with van der Waals surface area (Å²) in [5.74, 6) is -1.77. The predicted molar refractivity (Wildman–Crippen MR) is 105 cm³/mol. The van der Waals surface area contributed by atoms with Crippen LogP contribution in [-0.2, 0) is 19.1 Å². The fourth-order valence-electron chi connectivity index (χ4n) is 6.60. The van der Waals surface area contributed by atoms with Crippen LogP contribution >= 0.6 is 0 Å². The average molecular weight is 411 g/mol. The summed E-state index contributed by atoms with van der Waals surface area (Å²) in [4.78, 5) is 25.5. The van der Waals surface area contributed by atoms with Crippen LogP contribution in [0.25, 0.3) is 0 Å². The minimum absolute atomic E-state index is 0.136. The van der Waals surface area contributed by atoms with Crippen LogP contribution in [0.15, 0.2) is 12.7 Å². The first kappa shape index (κ1) is 22.4. The van der Waals surface area contributed by atoms with E-state index < -0.39 is 63.6 Å². The van der Waals surface area contributed by atoms with Gasteiger partial charge in [0, 0.05) is 24.7 Å². The summed E-state index contributed by atoms with van der Waals surface area (Å²) in [6.45, 7) is 13.6. The van der Waals surface area contributed by atoms with Crippen molar-refractivity contribution in [2.45, 2.75) is 95.9 Å². The Kier molecular flexibility index (Phi) is 4.91. The molecule has 0 amide bonds. The molecule has 2 saturated carbocycles. The van der Waals surface area contributed by atoms with E-state index in [1.54, 1.807) is 13.8 Å². The number of aliphatic hydroxyl groups is 3. The van der Waals surface area contributed by atoms with Gasteiger partial charge in [-0.25, -0.2) is 0 Å². The molecule has 0 aromatic rings. The zero-order valence-electron chi connectivity index (χ0n) is 18.2. The fourth-order valence-corrected chi connectivity index (χ4v) is 6.60. The molecule has 0 aromatic heterocycles. The molecule has 3 fully saturated rings. The Bertz CT molecular complexity index is 747. The van der Waals surface area contributed by atoms with Gasteiger partial charge in [0.05, 0.1) is 11.7 Å². The first-order chi connectivity index (χ1) is 13.1. The maximum Gasteiger partial charge on any atom is 0.303 e. The summed E-state index contributed by atoms with van der Waals surface area (Å²) in [5.41, 5.74) is -7.03. The number of hydrogen-bond donors (Lipinski definition) is 3. The standard InChI is InChI=1S/C22H34O7/c1-8-19(5)11-14(25)22(27)20(6)13(24)9-10-18(3,4)16(20)15(28-12(2)23)17(26)21(22,7)29-19/h8,13,15-17,24,26-27H,1,9-11H2,2-7H3/t13-,15-,16+,17-,19-,20-,21+,22-/m0/s1. The summed E-state index contributed by atoms with van der Waals surface area (Å²) in [5, 5.41) is 34.6. The van der Waals surface area contributed by atoms with Crippen LogP contribution < -0.4 is 0 Å². The number of ether oxygens (including phenoxy) is 2. The van der Waals surface area contributed by atoms with Gasteiger partial charge >= 0.3 is 5.97 Å². The van der Waals surface area contributed by atoms with Crippen molar-refractivity contribution in [1.82, 2.24) is 0 Å². The summed E-state index contributed by atoms with van der Waals surface area (Å²) >= 11 is 0. The number of esters is 1. The molecule has 0 spiro atoms. The molecule has 0 bridgehead atoms. The highest BCUT2D eigenvalue weighted by Gasteiger charge is 2.81. The molecule has 3 rings (SSSR count). The highest BCUT2D eigenvalue weighted by molar-refractivity contribution is 5.92. The van der Waals surface area contributed by atoms with E-state index in [4.69, 9.17) is 9.47 Å². The Balaban J connectivity index is 2.32. The summed E-state index contributed by atoms with van der Waals surface area (Å²) in [6.07, 6.45) is -1.30. The minimum atomic E-state index is -2.18. The fraction of sp³-hybridized carbons (Fsp3) is 0.818. The average Bonchev–Trinajstić information content (AvgIpc) is 2.60. The lowest BCUT2D eigenvalue weighted by Crippen LogP contribution is -2.86. The van der Waals surface area contributed by atoms with Gasteiger partial charge in [0.1, 0.15) is 17.8 Å². The van der Waals surface area contributed by atoms with Crippen LogP contribution in [0.2, 0.25) is 0 Å².